The van der Waals surface area contributed by atoms with Gasteiger partial charge in [0.15, 0.2) is 11.5 Å². The van der Waals surface area contributed by atoms with Crippen LogP contribution in [0.4, 0.5) is 4.39 Å². The zero-order valence-electron chi connectivity index (χ0n) is 20.5. The van der Waals surface area contributed by atoms with Crippen LogP contribution >= 0.6 is 11.6 Å². The zero-order chi connectivity index (χ0) is 26.3. The molecule has 37 heavy (non-hydrogen) atoms. The molecule has 9 heteroatoms. The highest BCUT2D eigenvalue weighted by Crippen LogP contribution is 2.47. The minimum Gasteiger partial charge on any atom is -0.507 e. The molecule has 0 saturated heterocycles. The van der Waals surface area contributed by atoms with E-state index in [9.17, 15) is 14.3 Å². The molecule has 4 aromatic rings. The van der Waals surface area contributed by atoms with Crippen molar-refractivity contribution >= 4 is 17.5 Å². The molecular weight excluding hydrogens is 497 g/mol. The van der Waals surface area contributed by atoms with Crippen molar-refractivity contribution in [1.29, 1.82) is 0 Å². The molecule has 0 saturated carbocycles. The Balaban J connectivity index is 1.68. The molecule has 1 atom stereocenters. The van der Waals surface area contributed by atoms with Crippen molar-refractivity contribution in [3.8, 4) is 28.5 Å². The van der Waals surface area contributed by atoms with Gasteiger partial charge in [0.25, 0.3) is 5.91 Å². The quantitative estimate of drug-likeness (QED) is 0.310. The van der Waals surface area contributed by atoms with E-state index >= 15 is 0 Å². The number of aromatic nitrogens is 2. The zero-order valence-corrected chi connectivity index (χ0v) is 21.3. The number of hydrogen-bond donors (Lipinski definition) is 2. The summed E-state index contributed by atoms with van der Waals surface area (Å²) in [4.78, 5) is 15.3. The molecule has 0 aliphatic carbocycles. The summed E-state index contributed by atoms with van der Waals surface area (Å²) in [5.74, 6) is 0.483. The number of halogens is 2. The summed E-state index contributed by atoms with van der Waals surface area (Å²) in [6.45, 7) is 4.38. The number of rotatable bonds is 7. The van der Waals surface area contributed by atoms with Gasteiger partial charge in [0.2, 0.25) is 0 Å². The average Bonchev–Trinajstić information content (AvgIpc) is 3.42. The number of benzene rings is 3. The third-order valence-electron chi connectivity index (χ3n) is 6.47. The van der Waals surface area contributed by atoms with Crippen LogP contribution in [0.1, 0.15) is 45.7 Å². The maximum absolute atomic E-state index is 13.7. The Labute approximate surface area is 218 Å². The van der Waals surface area contributed by atoms with Gasteiger partial charge in [0.05, 0.1) is 19.8 Å². The normalized spacial score (nSPS) is 14.7. The van der Waals surface area contributed by atoms with Crippen molar-refractivity contribution in [2.24, 2.45) is 0 Å². The highest BCUT2D eigenvalue weighted by Gasteiger charge is 2.43. The molecule has 0 radical (unpaired) electrons. The van der Waals surface area contributed by atoms with E-state index in [1.165, 1.54) is 12.1 Å². The smallest absolute Gasteiger partial charge is 0.273 e. The summed E-state index contributed by atoms with van der Waals surface area (Å²) in [6, 6.07) is 14.2. The van der Waals surface area contributed by atoms with Crippen LogP contribution in [0.2, 0.25) is 5.02 Å². The van der Waals surface area contributed by atoms with Gasteiger partial charge >= 0.3 is 0 Å². The molecule has 2 heterocycles. The Bertz CT molecular complexity index is 1490. The van der Waals surface area contributed by atoms with Gasteiger partial charge in [-0.3, -0.25) is 9.89 Å². The Morgan fingerprint density at radius 1 is 1.14 bits per heavy atom. The number of nitrogens with one attached hydrogen (secondary N) is 1. The van der Waals surface area contributed by atoms with E-state index in [0.717, 1.165) is 16.7 Å². The van der Waals surface area contributed by atoms with Gasteiger partial charge in [-0.2, -0.15) is 5.10 Å². The molecule has 2 N–H and O–H groups in total. The molecule has 7 nitrogen and oxygen atoms in total. The predicted octanol–water partition coefficient (Wildman–Crippen LogP) is 6.04. The number of aromatic amines is 1. The number of fused-ring (bicyclic) bond motifs is 1. The lowest BCUT2D eigenvalue weighted by Gasteiger charge is -2.27. The standard InChI is InChI=1S/C28H25ClFN3O4/c1-4-37-22-10-7-17(12-23(22)36-3)27-24-25(19-13-20(29)15(2)11-21(19)34)31-32-26(24)28(35)33(27)14-16-5-8-18(30)9-6-16/h5-13,27,34H,4,14H2,1-3H3,(H,31,32). The van der Waals surface area contributed by atoms with Gasteiger partial charge in [-0.05, 0) is 66.9 Å². The molecule has 3 aromatic carbocycles. The van der Waals surface area contributed by atoms with E-state index in [0.29, 0.717) is 45.6 Å². The van der Waals surface area contributed by atoms with Crippen LogP contribution in [0.15, 0.2) is 54.6 Å². The monoisotopic (exact) mass is 521 g/mol. The first-order valence-electron chi connectivity index (χ1n) is 11.8. The van der Waals surface area contributed by atoms with Crippen molar-refractivity contribution in [3.63, 3.8) is 0 Å². The number of phenols is 1. The minimum absolute atomic E-state index is 0.00339. The van der Waals surface area contributed by atoms with Crippen LogP contribution in [-0.4, -0.2) is 39.8 Å². The van der Waals surface area contributed by atoms with Crippen molar-refractivity contribution in [2.75, 3.05) is 13.7 Å². The largest absolute Gasteiger partial charge is 0.507 e. The number of amides is 1. The Morgan fingerprint density at radius 2 is 1.89 bits per heavy atom. The third kappa shape index (κ3) is 4.38. The summed E-state index contributed by atoms with van der Waals surface area (Å²) < 4.78 is 24.8. The lowest BCUT2D eigenvalue weighted by molar-refractivity contribution is 0.0730. The number of carbonyl (C=O) groups is 1. The van der Waals surface area contributed by atoms with Crippen molar-refractivity contribution in [1.82, 2.24) is 15.1 Å². The molecule has 190 valence electrons. The summed E-state index contributed by atoms with van der Waals surface area (Å²) in [7, 11) is 1.55. The number of methoxy groups -OCH3 is 1. The van der Waals surface area contributed by atoms with E-state index in [1.54, 1.807) is 49.3 Å². The van der Waals surface area contributed by atoms with E-state index in [4.69, 9.17) is 21.1 Å². The summed E-state index contributed by atoms with van der Waals surface area (Å²) >= 11 is 6.38. The van der Waals surface area contributed by atoms with E-state index in [2.05, 4.69) is 10.2 Å². The molecular formula is C28H25ClFN3O4. The maximum Gasteiger partial charge on any atom is 0.273 e. The molecule has 1 unspecified atom stereocenters. The number of phenolic OH excluding ortho intramolecular Hbond substituents is 1. The highest BCUT2D eigenvalue weighted by molar-refractivity contribution is 6.31. The Kier molecular flexibility index (Phi) is 6.52. The van der Waals surface area contributed by atoms with Gasteiger partial charge in [0, 0.05) is 22.7 Å². The number of hydrogen-bond acceptors (Lipinski definition) is 5. The van der Waals surface area contributed by atoms with Crippen LogP contribution in [0, 0.1) is 12.7 Å². The minimum atomic E-state index is -0.578. The summed E-state index contributed by atoms with van der Waals surface area (Å²) in [6.07, 6.45) is 0. The highest BCUT2D eigenvalue weighted by atomic mass is 35.5. The number of H-pyrrole nitrogens is 1. The van der Waals surface area contributed by atoms with E-state index in [1.807, 2.05) is 19.1 Å². The molecule has 0 spiro atoms. The molecule has 1 aliphatic rings. The van der Waals surface area contributed by atoms with Gasteiger partial charge in [-0.15, -0.1) is 0 Å². The van der Waals surface area contributed by atoms with Gasteiger partial charge in [-0.1, -0.05) is 29.8 Å². The molecule has 0 fully saturated rings. The maximum atomic E-state index is 13.7. The summed E-state index contributed by atoms with van der Waals surface area (Å²) in [5, 5.41) is 18.5. The van der Waals surface area contributed by atoms with Crippen LogP contribution < -0.4 is 9.47 Å². The SMILES string of the molecule is CCOc1ccc(C2c3c(-c4cc(Cl)c(C)cc4O)n[nH]c3C(=O)N2Cc2ccc(F)cc2)cc1OC. The molecule has 1 aromatic heterocycles. The number of nitrogens with zero attached hydrogens (tertiary/aromatic N) is 2. The molecule has 1 amide bonds. The third-order valence-corrected chi connectivity index (χ3v) is 6.87. The lowest BCUT2D eigenvalue weighted by Crippen LogP contribution is -2.29. The van der Waals surface area contributed by atoms with Crippen LogP contribution in [0.25, 0.3) is 11.3 Å². The van der Waals surface area contributed by atoms with Crippen molar-refractivity contribution < 1.29 is 23.8 Å². The fraction of sp³-hybridized carbons (Fsp3) is 0.214. The van der Waals surface area contributed by atoms with E-state index in [-0.39, 0.29) is 24.0 Å². The topological polar surface area (TPSA) is 87.7 Å². The summed E-state index contributed by atoms with van der Waals surface area (Å²) in [5.41, 5.74) is 3.99. The molecule has 0 bridgehead atoms. The Morgan fingerprint density at radius 3 is 2.59 bits per heavy atom. The molecule has 5 rings (SSSR count). The van der Waals surface area contributed by atoms with Crippen LogP contribution in [0.3, 0.4) is 0 Å². The second-order valence-corrected chi connectivity index (χ2v) is 9.19. The average molecular weight is 522 g/mol. The first-order chi connectivity index (χ1) is 17.8. The fourth-order valence-corrected chi connectivity index (χ4v) is 4.85. The van der Waals surface area contributed by atoms with Crippen LogP contribution in [-0.2, 0) is 6.54 Å². The first kappa shape index (κ1) is 24.6. The Hall–Kier alpha value is -4.04. The van der Waals surface area contributed by atoms with E-state index < -0.39 is 6.04 Å². The second kappa shape index (κ2) is 9.78. The lowest BCUT2D eigenvalue weighted by atomic mass is 9.94. The van der Waals surface area contributed by atoms with Crippen LogP contribution in [0.5, 0.6) is 17.2 Å². The van der Waals surface area contributed by atoms with Crippen molar-refractivity contribution in [2.45, 2.75) is 26.4 Å². The van der Waals surface area contributed by atoms with Gasteiger partial charge in [0.1, 0.15) is 23.0 Å². The fourth-order valence-electron chi connectivity index (χ4n) is 4.68. The number of ether oxygens (including phenoxy) is 2. The number of aromatic hydroxyl groups is 1. The number of aryl methyl sites for hydroxylation is 1. The first-order valence-corrected chi connectivity index (χ1v) is 12.1. The molecule has 1 aliphatic heterocycles. The van der Waals surface area contributed by atoms with Gasteiger partial charge < -0.3 is 19.5 Å². The van der Waals surface area contributed by atoms with Gasteiger partial charge in [-0.25, -0.2) is 4.39 Å². The number of carbonyl (C=O) groups excluding carboxylic acids is 1. The predicted molar refractivity (Wildman–Crippen MR) is 138 cm³/mol. The second-order valence-electron chi connectivity index (χ2n) is 8.78. The van der Waals surface area contributed by atoms with Crippen molar-refractivity contribution in [3.05, 3.63) is 93.4 Å².